The average molecular weight is 292 g/mol. The van der Waals surface area contributed by atoms with Crippen molar-refractivity contribution in [2.75, 3.05) is 5.32 Å². The molecule has 0 unspecified atom stereocenters. The summed E-state index contributed by atoms with van der Waals surface area (Å²) in [5, 5.41) is 11.7. The van der Waals surface area contributed by atoms with Crippen LogP contribution >= 0.6 is 0 Å². The fraction of sp³-hybridized carbons (Fsp3) is 0.0625. The van der Waals surface area contributed by atoms with Gasteiger partial charge in [-0.05, 0) is 29.8 Å². The topological polar surface area (TPSA) is 102 Å². The normalized spacial score (nSPS) is 10.3. The molecule has 6 heteroatoms. The minimum atomic E-state index is -0.278. The van der Waals surface area contributed by atoms with Crippen molar-refractivity contribution >= 4 is 22.6 Å². The van der Waals surface area contributed by atoms with Crippen LogP contribution in [0.2, 0.25) is 0 Å². The smallest absolute Gasteiger partial charge is 0.323 e. The first-order chi connectivity index (χ1) is 10.7. The van der Waals surface area contributed by atoms with E-state index >= 15 is 0 Å². The van der Waals surface area contributed by atoms with E-state index in [1.54, 1.807) is 42.5 Å². The third kappa shape index (κ3) is 2.74. The van der Waals surface area contributed by atoms with Crippen molar-refractivity contribution in [2.45, 2.75) is 6.42 Å². The number of amides is 1. The van der Waals surface area contributed by atoms with Gasteiger partial charge in [-0.3, -0.25) is 4.79 Å². The molecule has 0 aliphatic carbocycles. The molecule has 3 N–H and O–H groups in total. The van der Waals surface area contributed by atoms with Gasteiger partial charge in [0.05, 0.1) is 28.7 Å². The molecular weight excluding hydrogens is 280 g/mol. The Balaban J connectivity index is 1.78. The molecule has 0 spiro atoms. The van der Waals surface area contributed by atoms with Gasteiger partial charge >= 0.3 is 5.69 Å². The number of anilines is 1. The standard InChI is InChI=1S/C16H12N4O2/c17-9-11-3-1-2-4-12(11)18-15(21)8-10-5-6-13-14(7-10)20-16(22)19-13/h1-7H,8H2,(H,18,21)(H2,19,20,22). The summed E-state index contributed by atoms with van der Waals surface area (Å²) in [5.41, 5.74) is 2.76. The second-order valence-electron chi connectivity index (χ2n) is 4.84. The monoisotopic (exact) mass is 292 g/mol. The van der Waals surface area contributed by atoms with Crippen molar-refractivity contribution < 1.29 is 4.79 Å². The van der Waals surface area contributed by atoms with E-state index in [1.807, 2.05) is 6.07 Å². The number of nitriles is 1. The molecule has 1 amide bonds. The van der Waals surface area contributed by atoms with E-state index in [4.69, 9.17) is 5.26 Å². The lowest BCUT2D eigenvalue weighted by atomic mass is 10.1. The number of para-hydroxylation sites is 1. The summed E-state index contributed by atoms with van der Waals surface area (Å²) in [5.74, 6) is -0.222. The second-order valence-corrected chi connectivity index (χ2v) is 4.84. The van der Waals surface area contributed by atoms with Gasteiger partial charge in [-0.1, -0.05) is 18.2 Å². The minimum Gasteiger partial charge on any atom is -0.325 e. The zero-order valence-corrected chi connectivity index (χ0v) is 11.5. The lowest BCUT2D eigenvalue weighted by molar-refractivity contribution is -0.115. The van der Waals surface area contributed by atoms with Gasteiger partial charge in [-0.2, -0.15) is 5.26 Å². The predicted molar refractivity (Wildman–Crippen MR) is 82.4 cm³/mol. The number of rotatable bonds is 3. The lowest BCUT2D eigenvalue weighted by Crippen LogP contribution is -2.15. The van der Waals surface area contributed by atoms with Gasteiger partial charge in [0.25, 0.3) is 0 Å². The number of benzene rings is 2. The highest BCUT2D eigenvalue weighted by Crippen LogP contribution is 2.15. The molecule has 0 bridgehead atoms. The fourth-order valence-electron chi connectivity index (χ4n) is 2.26. The molecule has 108 valence electrons. The Kier molecular flexibility index (Phi) is 3.46. The highest BCUT2D eigenvalue weighted by atomic mass is 16.1. The number of aromatic amines is 2. The number of carbonyl (C=O) groups is 1. The molecule has 3 aromatic rings. The molecule has 6 nitrogen and oxygen atoms in total. The van der Waals surface area contributed by atoms with E-state index in [-0.39, 0.29) is 18.0 Å². The Bertz CT molecular complexity index is 946. The molecule has 0 aliphatic heterocycles. The van der Waals surface area contributed by atoms with Crippen LogP contribution in [-0.2, 0) is 11.2 Å². The Labute approximate surface area is 125 Å². The molecule has 0 saturated carbocycles. The highest BCUT2D eigenvalue weighted by molar-refractivity contribution is 5.94. The van der Waals surface area contributed by atoms with Gasteiger partial charge in [0, 0.05) is 0 Å². The molecule has 22 heavy (non-hydrogen) atoms. The number of fused-ring (bicyclic) bond motifs is 1. The molecule has 2 aromatic carbocycles. The Morgan fingerprint density at radius 3 is 2.73 bits per heavy atom. The van der Waals surface area contributed by atoms with E-state index in [0.29, 0.717) is 22.3 Å². The lowest BCUT2D eigenvalue weighted by Gasteiger charge is -2.07. The van der Waals surface area contributed by atoms with Crippen LogP contribution < -0.4 is 11.0 Å². The maximum absolute atomic E-state index is 12.1. The Hall–Kier alpha value is -3.33. The molecule has 1 aromatic heterocycles. The molecule has 1 heterocycles. The number of nitrogens with one attached hydrogen (secondary N) is 3. The molecule has 0 aliphatic rings. The Morgan fingerprint density at radius 1 is 1.14 bits per heavy atom. The zero-order valence-electron chi connectivity index (χ0n) is 11.5. The number of hydrogen-bond donors (Lipinski definition) is 3. The van der Waals surface area contributed by atoms with Crippen molar-refractivity contribution in [3.63, 3.8) is 0 Å². The largest absolute Gasteiger partial charge is 0.325 e. The van der Waals surface area contributed by atoms with Crippen LogP contribution in [0.4, 0.5) is 5.69 Å². The SMILES string of the molecule is N#Cc1ccccc1NC(=O)Cc1ccc2[nH]c(=O)[nH]c2c1. The van der Waals surface area contributed by atoms with E-state index in [0.717, 1.165) is 5.56 Å². The second kappa shape index (κ2) is 5.58. The van der Waals surface area contributed by atoms with Gasteiger partial charge in [-0.15, -0.1) is 0 Å². The third-order valence-electron chi connectivity index (χ3n) is 3.27. The molecular formula is C16H12N4O2. The molecule has 0 atom stereocenters. The van der Waals surface area contributed by atoms with Crippen molar-refractivity contribution in [3.8, 4) is 6.07 Å². The van der Waals surface area contributed by atoms with Crippen LogP contribution in [0.3, 0.4) is 0 Å². The fourth-order valence-corrected chi connectivity index (χ4v) is 2.26. The van der Waals surface area contributed by atoms with E-state index in [1.165, 1.54) is 0 Å². The first-order valence-corrected chi connectivity index (χ1v) is 6.65. The Morgan fingerprint density at radius 2 is 1.91 bits per heavy atom. The number of aromatic nitrogens is 2. The molecule has 0 saturated heterocycles. The maximum atomic E-state index is 12.1. The first-order valence-electron chi connectivity index (χ1n) is 6.65. The van der Waals surface area contributed by atoms with Crippen LogP contribution in [0.25, 0.3) is 11.0 Å². The summed E-state index contributed by atoms with van der Waals surface area (Å²) in [4.78, 5) is 28.6. The van der Waals surface area contributed by atoms with Crippen molar-refractivity contribution in [3.05, 3.63) is 64.1 Å². The number of carbonyl (C=O) groups excluding carboxylic acids is 1. The summed E-state index contributed by atoms with van der Waals surface area (Å²) in [7, 11) is 0. The van der Waals surface area contributed by atoms with Crippen LogP contribution in [0.1, 0.15) is 11.1 Å². The summed E-state index contributed by atoms with van der Waals surface area (Å²) < 4.78 is 0. The summed E-state index contributed by atoms with van der Waals surface area (Å²) in [6, 6.07) is 14.1. The van der Waals surface area contributed by atoms with Gasteiger partial charge < -0.3 is 15.3 Å². The van der Waals surface area contributed by atoms with Crippen LogP contribution in [0.5, 0.6) is 0 Å². The van der Waals surface area contributed by atoms with Gasteiger partial charge in [0.2, 0.25) is 5.91 Å². The highest BCUT2D eigenvalue weighted by Gasteiger charge is 2.08. The van der Waals surface area contributed by atoms with Crippen LogP contribution in [-0.4, -0.2) is 15.9 Å². The third-order valence-corrected chi connectivity index (χ3v) is 3.27. The summed E-state index contributed by atoms with van der Waals surface area (Å²) >= 11 is 0. The number of imidazole rings is 1. The molecule has 0 radical (unpaired) electrons. The van der Waals surface area contributed by atoms with Crippen molar-refractivity contribution in [2.24, 2.45) is 0 Å². The molecule has 0 fully saturated rings. The van der Waals surface area contributed by atoms with Gasteiger partial charge in [0.15, 0.2) is 0 Å². The van der Waals surface area contributed by atoms with Gasteiger partial charge in [0.1, 0.15) is 6.07 Å². The van der Waals surface area contributed by atoms with Crippen molar-refractivity contribution in [1.82, 2.24) is 9.97 Å². The maximum Gasteiger partial charge on any atom is 0.323 e. The van der Waals surface area contributed by atoms with Crippen LogP contribution in [0.15, 0.2) is 47.3 Å². The quantitative estimate of drug-likeness (QED) is 0.687. The number of H-pyrrole nitrogens is 2. The minimum absolute atomic E-state index is 0.156. The average Bonchev–Trinajstić information content (AvgIpc) is 2.87. The summed E-state index contributed by atoms with van der Waals surface area (Å²) in [6.45, 7) is 0. The first kappa shape index (κ1) is 13.6. The number of nitrogens with zero attached hydrogens (tertiary/aromatic N) is 1. The van der Waals surface area contributed by atoms with E-state index in [2.05, 4.69) is 15.3 Å². The van der Waals surface area contributed by atoms with Crippen LogP contribution in [0, 0.1) is 11.3 Å². The predicted octanol–water partition coefficient (Wildman–Crippen LogP) is 1.91. The zero-order chi connectivity index (χ0) is 15.5. The molecule has 3 rings (SSSR count). The van der Waals surface area contributed by atoms with Gasteiger partial charge in [-0.25, -0.2) is 4.79 Å². The summed E-state index contributed by atoms with van der Waals surface area (Å²) in [6.07, 6.45) is 0.156. The van der Waals surface area contributed by atoms with Crippen molar-refractivity contribution in [1.29, 1.82) is 5.26 Å². The van der Waals surface area contributed by atoms with E-state index in [9.17, 15) is 9.59 Å². The van der Waals surface area contributed by atoms with E-state index < -0.39 is 0 Å². The number of hydrogen-bond acceptors (Lipinski definition) is 3.